The minimum absolute atomic E-state index is 0.163. The minimum atomic E-state index is 0.163. The Bertz CT molecular complexity index is 340. The molecular weight excluding hydrogens is 250 g/mol. The summed E-state index contributed by atoms with van der Waals surface area (Å²) in [5, 5.41) is 3.15. The van der Waals surface area contributed by atoms with Gasteiger partial charge >= 0.3 is 0 Å². The van der Waals surface area contributed by atoms with Crippen LogP contribution in [0.4, 0.5) is 11.9 Å². The first-order valence-corrected chi connectivity index (χ1v) is 5.92. The molecule has 1 aromatic heterocycles. The highest BCUT2D eigenvalue weighted by atomic mass is 35.5. The Balaban J connectivity index is 2.92. The Morgan fingerprint density at radius 1 is 1.38 bits per heavy atom. The second kappa shape index (κ2) is 6.72. The second-order valence-corrected chi connectivity index (χ2v) is 3.96. The molecule has 0 amide bonds. The van der Waals surface area contributed by atoms with Crippen LogP contribution in [0.2, 0.25) is 5.28 Å². The monoisotopic (exact) mass is 263 g/mol. The lowest BCUT2D eigenvalue weighted by atomic mass is 10.7. The molecule has 8 heteroatoms. The number of nitrogens with one attached hydrogen (secondary N) is 1. The zero-order valence-corrected chi connectivity index (χ0v) is 11.0. The SMILES string of the molecule is CCNc1nc(Cl)nc(N(CC)SOC)n1. The van der Waals surface area contributed by atoms with E-state index in [1.807, 2.05) is 13.8 Å². The molecule has 0 aliphatic carbocycles. The number of halogens is 1. The summed E-state index contributed by atoms with van der Waals surface area (Å²) in [6.07, 6.45) is 0. The molecule has 0 unspecified atom stereocenters. The maximum atomic E-state index is 5.81. The molecule has 1 aromatic rings. The summed E-state index contributed by atoms with van der Waals surface area (Å²) in [6, 6.07) is 0. The van der Waals surface area contributed by atoms with Crippen LogP contribution < -0.4 is 9.62 Å². The van der Waals surface area contributed by atoms with E-state index in [1.165, 1.54) is 0 Å². The van der Waals surface area contributed by atoms with Crippen LogP contribution in [0.1, 0.15) is 13.8 Å². The average molecular weight is 264 g/mol. The molecule has 1 rings (SSSR count). The molecule has 0 aromatic carbocycles. The predicted octanol–water partition coefficient (Wildman–Crippen LogP) is 1.99. The summed E-state index contributed by atoms with van der Waals surface area (Å²) in [5.41, 5.74) is 0. The van der Waals surface area contributed by atoms with E-state index in [4.69, 9.17) is 15.8 Å². The van der Waals surface area contributed by atoms with Gasteiger partial charge in [-0.1, -0.05) is 0 Å². The second-order valence-electron chi connectivity index (χ2n) is 2.69. The van der Waals surface area contributed by atoms with Gasteiger partial charge in [-0.05, 0) is 25.4 Å². The van der Waals surface area contributed by atoms with Crippen molar-refractivity contribution in [2.45, 2.75) is 13.8 Å². The van der Waals surface area contributed by atoms with Gasteiger partial charge in [0.05, 0.1) is 7.11 Å². The first-order chi connectivity index (χ1) is 7.71. The van der Waals surface area contributed by atoms with Gasteiger partial charge in [-0.3, -0.25) is 8.49 Å². The standard InChI is InChI=1S/C8H14ClN5OS/c1-4-10-7-11-6(9)12-8(13-7)14(5-2)16-15-3/h4-5H2,1-3H3,(H,10,11,12,13). The predicted molar refractivity (Wildman–Crippen MR) is 66.6 cm³/mol. The van der Waals surface area contributed by atoms with E-state index in [2.05, 4.69) is 20.3 Å². The van der Waals surface area contributed by atoms with Crippen LogP contribution in [-0.4, -0.2) is 35.2 Å². The highest BCUT2D eigenvalue weighted by molar-refractivity contribution is 7.96. The molecule has 6 nitrogen and oxygen atoms in total. The Labute approximate surface area is 104 Å². The van der Waals surface area contributed by atoms with E-state index >= 15 is 0 Å². The van der Waals surface area contributed by atoms with Crippen LogP contribution in [0.25, 0.3) is 0 Å². The maximum Gasteiger partial charge on any atom is 0.243 e. The Morgan fingerprint density at radius 3 is 2.69 bits per heavy atom. The molecule has 1 N–H and O–H groups in total. The summed E-state index contributed by atoms with van der Waals surface area (Å²) in [6.45, 7) is 5.35. The quantitative estimate of drug-likeness (QED) is 0.622. The van der Waals surface area contributed by atoms with Crippen molar-refractivity contribution in [2.24, 2.45) is 0 Å². The molecule has 0 aliphatic rings. The first kappa shape index (κ1) is 13.3. The average Bonchev–Trinajstić information content (AvgIpc) is 2.25. The van der Waals surface area contributed by atoms with E-state index < -0.39 is 0 Å². The zero-order valence-electron chi connectivity index (χ0n) is 9.40. The van der Waals surface area contributed by atoms with Crippen molar-refractivity contribution in [3.8, 4) is 0 Å². The first-order valence-electron chi connectivity index (χ1n) is 4.85. The Kier molecular flexibility index (Phi) is 5.58. The number of rotatable bonds is 6. The maximum absolute atomic E-state index is 5.81. The zero-order chi connectivity index (χ0) is 12.0. The molecule has 0 saturated carbocycles. The number of hydrogen-bond donors (Lipinski definition) is 1. The van der Waals surface area contributed by atoms with Crippen molar-refractivity contribution >= 4 is 35.7 Å². The van der Waals surface area contributed by atoms with Crippen LogP contribution in [0.15, 0.2) is 0 Å². The van der Waals surface area contributed by atoms with Crippen LogP contribution >= 0.6 is 23.8 Å². The van der Waals surface area contributed by atoms with Gasteiger partial charge in [0.2, 0.25) is 17.2 Å². The van der Waals surface area contributed by atoms with Crippen molar-refractivity contribution < 1.29 is 4.18 Å². The molecule has 1 heterocycles. The molecule has 0 radical (unpaired) electrons. The van der Waals surface area contributed by atoms with Crippen LogP contribution in [0.5, 0.6) is 0 Å². The van der Waals surface area contributed by atoms with Crippen molar-refractivity contribution in [3.05, 3.63) is 5.28 Å². The van der Waals surface area contributed by atoms with Crippen molar-refractivity contribution in [1.29, 1.82) is 0 Å². The van der Waals surface area contributed by atoms with Gasteiger partial charge in [0.15, 0.2) is 0 Å². The van der Waals surface area contributed by atoms with Gasteiger partial charge in [-0.2, -0.15) is 15.0 Å². The summed E-state index contributed by atoms with van der Waals surface area (Å²) in [4.78, 5) is 12.2. The van der Waals surface area contributed by atoms with Gasteiger partial charge in [0, 0.05) is 13.1 Å². The lowest BCUT2D eigenvalue weighted by Crippen LogP contribution is -2.18. The molecule has 90 valence electrons. The number of nitrogens with zero attached hydrogens (tertiary/aromatic N) is 4. The van der Waals surface area contributed by atoms with Crippen molar-refractivity contribution in [2.75, 3.05) is 29.8 Å². The number of hydrogen-bond acceptors (Lipinski definition) is 7. The highest BCUT2D eigenvalue weighted by Gasteiger charge is 2.12. The summed E-state index contributed by atoms with van der Waals surface area (Å²) in [5.74, 6) is 0.943. The third-order valence-corrected chi connectivity index (χ3v) is 2.53. The molecule has 0 saturated heterocycles. The molecule has 0 aliphatic heterocycles. The highest BCUT2D eigenvalue weighted by Crippen LogP contribution is 2.20. The van der Waals surface area contributed by atoms with Gasteiger partial charge < -0.3 is 5.32 Å². The molecule has 0 fully saturated rings. The largest absolute Gasteiger partial charge is 0.354 e. The van der Waals surface area contributed by atoms with E-state index in [9.17, 15) is 0 Å². The normalized spacial score (nSPS) is 10.2. The third kappa shape index (κ3) is 3.66. The smallest absolute Gasteiger partial charge is 0.243 e. The fraction of sp³-hybridized carbons (Fsp3) is 0.625. The molecule has 16 heavy (non-hydrogen) atoms. The van der Waals surface area contributed by atoms with Crippen LogP contribution in [0.3, 0.4) is 0 Å². The lowest BCUT2D eigenvalue weighted by Gasteiger charge is -2.17. The van der Waals surface area contributed by atoms with E-state index in [0.29, 0.717) is 18.4 Å². The number of anilines is 2. The van der Waals surface area contributed by atoms with Gasteiger partial charge in [-0.25, -0.2) is 0 Å². The van der Waals surface area contributed by atoms with E-state index in [0.717, 1.165) is 18.8 Å². The Morgan fingerprint density at radius 2 is 2.12 bits per heavy atom. The van der Waals surface area contributed by atoms with Crippen LogP contribution in [-0.2, 0) is 4.18 Å². The number of aromatic nitrogens is 3. The van der Waals surface area contributed by atoms with E-state index in [-0.39, 0.29) is 5.28 Å². The van der Waals surface area contributed by atoms with Gasteiger partial charge in [-0.15, -0.1) is 0 Å². The van der Waals surface area contributed by atoms with E-state index in [1.54, 1.807) is 11.4 Å². The topological polar surface area (TPSA) is 63.2 Å². The summed E-state index contributed by atoms with van der Waals surface area (Å²) >= 11 is 6.97. The lowest BCUT2D eigenvalue weighted by molar-refractivity contribution is 0.487. The summed E-state index contributed by atoms with van der Waals surface area (Å²) < 4.78 is 6.74. The Hall–Kier alpha value is -0.790. The summed E-state index contributed by atoms with van der Waals surface area (Å²) in [7, 11) is 1.58. The molecule has 0 spiro atoms. The molecule has 0 atom stereocenters. The fourth-order valence-corrected chi connectivity index (χ4v) is 1.60. The fourth-order valence-electron chi connectivity index (χ4n) is 1.01. The molecule has 0 bridgehead atoms. The van der Waals surface area contributed by atoms with Crippen molar-refractivity contribution in [1.82, 2.24) is 15.0 Å². The van der Waals surface area contributed by atoms with Crippen molar-refractivity contribution in [3.63, 3.8) is 0 Å². The molecular formula is C8H14ClN5OS. The third-order valence-electron chi connectivity index (χ3n) is 1.61. The van der Waals surface area contributed by atoms with Crippen LogP contribution in [0, 0.1) is 0 Å². The van der Waals surface area contributed by atoms with Gasteiger partial charge in [0.1, 0.15) is 12.2 Å². The minimum Gasteiger partial charge on any atom is -0.354 e. The van der Waals surface area contributed by atoms with Gasteiger partial charge in [0.25, 0.3) is 0 Å².